The summed E-state index contributed by atoms with van der Waals surface area (Å²) < 4.78 is 49.1. The first-order valence-electron chi connectivity index (χ1n) is 19.3. The minimum Gasteiger partial charge on any atom is -0.497 e. The van der Waals surface area contributed by atoms with Crippen molar-refractivity contribution in [2.75, 3.05) is 7.11 Å². The Morgan fingerprint density at radius 1 is 0.909 bits per heavy atom. The van der Waals surface area contributed by atoms with Gasteiger partial charge in [0.05, 0.1) is 25.2 Å². The van der Waals surface area contributed by atoms with E-state index < -0.39 is 55.6 Å². The summed E-state index contributed by atoms with van der Waals surface area (Å²) >= 11 is 0. The Kier molecular flexibility index (Phi) is 13.6. The zero-order valence-corrected chi connectivity index (χ0v) is 36.7. The van der Waals surface area contributed by atoms with E-state index in [0.29, 0.717) is 18.6 Å². The van der Waals surface area contributed by atoms with Gasteiger partial charge < -0.3 is 37.6 Å². The number of rotatable bonds is 14. The lowest BCUT2D eigenvalue weighted by molar-refractivity contribution is -0.156. The summed E-state index contributed by atoms with van der Waals surface area (Å²) in [6.45, 7) is 28.3. The van der Waals surface area contributed by atoms with E-state index in [-0.39, 0.29) is 34.1 Å². The quantitative estimate of drug-likeness (QED) is 0.0796. The maximum absolute atomic E-state index is 13.3. The number of hydrogen-bond donors (Lipinski definition) is 0. The molecule has 4 rings (SSSR count). The molecular formula is C44H64O10Si. The van der Waals surface area contributed by atoms with Crippen LogP contribution in [-0.4, -0.2) is 63.4 Å². The van der Waals surface area contributed by atoms with Crippen molar-refractivity contribution in [2.45, 2.75) is 150 Å². The highest BCUT2D eigenvalue weighted by atomic mass is 28.4. The molecule has 2 heterocycles. The van der Waals surface area contributed by atoms with E-state index in [1.807, 2.05) is 44.2 Å². The molecule has 11 heteroatoms. The van der Waals surface area contributed by atoms with E-state index in [9.17, 15) is 9.59 Å². The Hall–Kier alpha value is -3.48. The molecule has 2 aromatic rings. The van der Waals surface area contributed by atoms with Crippen molar-refractivity contribution in [1.29, 1.82) is 0 Å². The topological polar surface area (TPSA) is 108 Å². The first kappa shape index (κ1) is 44.2. The summed E-state index contributed by atoms with van der Waals surface area (Å²) in [6.07, 6.45) is 7.02. The highest BCUT2D eigenvalue weighted by Gasteiger charge is 2.45. The number of cyclic esters (lactones) is 1. The fraction of sp³-hybridized carbons (Fsp3) is 0.591. The minimum absolute atomic E-state index is 0.000838. The van der Waals surface area contributed by atoms with Crippen LogP contribution in [0.25, 0.3) is 6.08 Å². The van der Waals surface area contributed by atoms with E-state index in [1.165, 1.54) is 0 Å². The molecule has 0 radical (unpaired) electrons. The second-order valence-electron chi connectivity index (χ2n) is 18.1. The molecule has 55 heavy (non-hydrogen) atoms. The summed E-state index contributed by atoms with van der Waals surface area (Å²) in [4.78, 5) is 26.1. The molecule has 0 spiro atoms. The Morgan fingerprint density at radius 2 is 1.56 bits per heavy atom. The summed E-state index contributed by atoms with van der Waals surface area (Å²) in [5.41, 5.74) is 0.991. The maximum Gasteiger partial charge on any atom is 0.345 e. The highest BCUT2D eigenvalue weighted by molar-refractivity contribution is 6.74. The van der Waals surface area contributed by atoms with Gasteiger partial charge in [-0.05, 0) is 101 Å². The molecule has 5 atom stereocenters. The van der Waals surface area contributed by atoms with Crippen LogP contribution in [0, 0.1) is 11.3 Å². The minimum atomic E-state index is -1.98. The Balaban J connectivity index is 1.63. The van der Waals surface area contributed by atoms with Gasteiger partial charge in [-0.2, -0.15) is 0 Å². The predicted octanol–water partition coefficient (Wildman–Crippen LogP) is 10.0. The molecule has 304 valence electrons. The number of benzene rings is 2. The number of fused-ring (bicyclic) bond motifs is 1. The van der Waals surface area contributed by atoms with Crippen LogP contribution in [0.1, 0.15) is 111 Å². The number of methoxy groups -OCH3 is 1. The predicted molar refractivity (Wildman–Crippen MR) is 217 cm³/mol. The zero-order valence-electron chi connectivity index (χ0n) is 35.7. The van der Waals surface area contributed by atoms with E-state index in [0.717, 1.165) is 11.3 Å². The molecule has 0 aromatic heterocycles. The van der Waals surface area contributed by atoms with Crippen molar-refractivity contribution in [2.24, 2.45) is 11.3 Å². The van der Waals surface area contributed by atoms with Crippen molar-refractivity contribution in [3.63, 3.8) is 0 Å². The SMILES string of the molecule is COc1ccc(COC(/C=C\[C@@H](C)[C@H](C)O[Si](C)(C)C(C)(C)C)[C@H]2OC(C)(C)O[C@H]2C/C=C/c2cc(OC(=O)C(C)(C)C)cc3c2C(=O)OC(C)(C)O3)cc1. The van der Waals surface area contributed by atoms with Crippen molar-refractivity contribution in [3.05, 3.63) is 71.3 Å². The van der Waals surface area contributed by atoms with Gasteiger partial charge in [-0.25, -0.2) is 4.79 Å². The van der Waals surface area contributed by atoms with Gasteiger partial charge in [0.1, 0.15) is 35.0 Å². The van der Waals surface area contributed by atoms with Gasteiger partial charge in [0.15, 0.2) is 14.1 Å². The van der Waals surface area contributed by atoms with Crippen molar-refractivity contribution in [1.82, 2.24) is 0 Å². The molecule has 0 saturated carbocycles. The molecule has 2 aliphatic rings. The van der Waals surface area contributed by atoms with E-state index in [4.69, 9.17) is 37.6 Å². The van der Waals surface area contributed by atoms with Gasteiger partial charge in [0.2, 0.25) is 5.79 Å². The first-order valence-corrected chi connectivity index (χ1v) is 22.2. The number of esters is 2. The third kappa shape index (κ3) is 11.8. The number of ether oxygens (including phenoxy) is 7. The zero-order chi connectivity index (χ0) is 41.1. The summed E-state index contributed by atoms with van der Waals surface area (Å²) in [6, 6.07) is 11.0. The Morgan fingerprint density at radius 3 is 2.16 bits per heavy atom. The van der Waals surface area contributed by atoms with Crippen LogP contribution in [0.5, 0.6) is 17.2 Å². The van der Waals surface area contributed by atoms with Gasteiger partial charge >= 0.3 is 11.9 Å². The molecule has 0 amide bonds. The smallest absolute Gasteiger partial charge is 0.345 e. The van der Waals surface area contributed by atoms with E-state index in [2.05, 4.69) is 59.9 Å². The second kappa shape index (κ2) is 16.9. The lowest BCUT2D eigenvalue weighted by Gasteiger charge is -2.39. The van der Waals surface area contributed by atoms with Crippen LogP contribution in [0.2, 0.25) is 18.1 Å². The summed E-state index contributed by atoms with van der Waals surface area (Å²) in [7, 11) is -0.340. The molecule has 0 aliphatic carbocycles. The van der Waals surface area contributed by atoms with Gasteiger partial charge in [-0.1, -0.05) is 64.1 Å². The lowest BCUT2D eigenvalue weighted by Crippen LogP contribution is -2.44. The van der Waals surface area contributed by atoms with E-state index in [1.54, 1.807) is 59.9 Å². The van der Waals surface area contributed by atoms with Gasteiger partial charge in [0.25, 0.3) is 0 Å². The first-order chi connectivity index (χ1) is 25.3. The van der Waals surface area contributed by atoms with Crippen LogP contribution in [0.15, 0.2) is 54.6 Å². The van der Waals surface area contributed by atoms with Crippen molar-refractivity contribution >= 4 is 26.3 Å². The summed E-state index contributed by atoms with van der Waals surface area (Å²) in [5, 5.41) is 0.0947. The Labute approximate surface area is 330 Å². The molecule has 1 fully saturated rings. The average Bonchev–Trinajstić information content (AvgIpc) is 3.36. The normalized spacial score (nSPS) is 21.5. The average molecular weight is 781 g/mol. The van der Waals surface area contributed by atoms with Crippen molar-refractivity contribution < 1.29 is 47.2 Å². The largest absolute Gasteiger partial charge is 0.497 e. The molecule has 10 nitrogen and oxygen atoms in total. The number of carbonyl (C=O) groups is 2. The standard InChI is InChI=1S/C44H64O10Si/c1-28(29(2)54-55(14,15)42(6,7)8)19-24-34(48-27-30-20-22-32(47-13)23-21-30)38-35(50-43(9,10)52-38)18-16-17-31-25-33(49-40(46)41(3,4)5)26-36-37(31)39(45)53-44(11,12)51-36/h16-17,19-26,28-29,34-35,38H,18,27H2,1-15H3/b17-16+,24-19-/t28-,29+,34?,35+,38-/m1/s1. The van der Waals surface area contributed by atoms with Gasteiger partial charge in [-0.3, -0.25) is 4.79 Å². The molecule has 1 unspecified atom stereocenters. The van der Waals surface area contributed by atoms with Crippen LogP contribution >= 0.6 is 0 Å². The second-order valence-corrected chi connectivity index (χ2v) is 22.9. The monoisotopic (exact) mass is 780 g/mol. The van der Waals surface area contributed by atoms with E-state index >= 15 is 0 Å². The summed E-state index contributed by atoms with van der Waals surface area (Å²) in [5.74, 6) is -1.60. The van der Waals surface area contributed by atoms with Gasteiger partial charge in [-0.15, -0.1) is 0 Å². The van der Waals surface area contributed by atoms with Crippen LogP contribution < -0.4 is 14.2 Å². The fourth-order valence-corrected chi connectivity index (χ4v) is 7.43. The molecular weight excluding hydrogens is 717 g/mol. The molecule has 2 aliphatic heterocycles. The highest BCUT2D eigenvalue weighted by Crippen LogP contribution is 2.40. The van der Waals surface area contributed by atoms with Crippen LogP contribution in [0.4, 0.5) is 0 Å². The molecule has 1 saturated heterocycles. The third-order valence-electron chi connectivity index (χ3n) is 10.3. The molecule has 0 bridgehead atoms. The molecule has 2 aromatic carbocycles. The fourth-order valence-electron chi connectivity index (χ4n) is 5.94. The molecule has 0 N–H and O–H groups in total. The lowest BCUT2D eigenvalue weighted by atomic mass is 9.97. The van der Waals surface area contributed by atoms with Gasteiger partial charge in [0, 0.05) is 26.0 Å². The maximum atomic E-state index is 13.3. The Bertz CT molecular complexity index is 1710. The number of hydrogen-bond acceptors (Lipinski definition) is 10. The van der Waals surface area contributed by atoms with Crippen molar-refractivity contribution in [3.8, 4) is 17.2 Å². The van der Waals surface area contributed by atoms with Crippen LogP contribution in [0.3, 0.4) is 0 Å². The van der Waals surface area contributed by atoms with Crippen LogP contribution in [-0.2, 0) is 34.8 Å². The number of carbonyl (C=O) groups excluding carboxylic acids is 2. The third-order valence-corrected chi connectivity index (χ3v) is 14.8.